The molecule has 1 amide bonds. The van der Waals surface area contributed by atoms with Gasteiger partial charge in [-0.1, -0.05) is 50.2 Å². The normalized spacial score (nSPS) is 16.6. The van der Waals surface area contributed by atoms with Crippen molar-refractivity contribution < 1.29 is 4.79 Å². The molecule has 1 heterocycles. The van der Waals surface area contributed by atoms with Crippen molar-refractivity contribution >= 4 is 28.9 Å². The van der Waals surface area contributed by atoms with E-state index in [4.69, 9.17) is 12.2 Å². The lowest BCUT2D eigenvalue weighted by Gasteiger charge is -2.30. The minimum atomic E-state index is -0.292. The Morgan fingerprint density at radius 3 is 2.39 bits per heavy atom. The molecule has 2 aromatic carbocycles. The van der Waals surface area contributed by atoms with Crippen LogP contribution in [0.1, 0.15) is 55.0 Å². The summed E-state index contributed by atoms with van der Waals surface area (Å²) in [6, 6.07) is 14.0. The van der Waals surface area contributed by atoms with E-state index in [0.29, 0.717) is 16.6 Å². The number of nitrogens with one attached hydrogen (secondary N) is 3. The molecule has 0 radical (unpaired) electrons. The molecular weight excluding hydrogens is 366 g/mol. The third kappa shape index (κ3) is 4.09. The van der Waals surface area contributed by atoms with Crippen molar-refractivity contribution in [1.82, 2.24) is 10.6 Å². The van der Waals surface area contributed by atoms with Gasteiger partial charge in [0.15, 0.2) is 5.11 Å². The maximum Gasteiger partial charge on any atom is 0.255 e. The summed E-state index contributed by atoms with van der Waals surface area (Å²) in [6.45, 7) is 10.3. The van der Waals surface area contributed by atoms with Gasteiger partial charge in [-0.05, 0) is 67.2 Å². The van der Waals surface area contributed by atoms with Crippen molar-refractivity contribution in [2.45, 2.75) is 46.6 Å². The molecule has 2 aromatic rings. The zero-order chi connectivity index (χ0) is 20.4. The minimum Gasteiger partial charge on any atom is -0.351 e. The third-order valence-electron chi connectivity index (χ3n) is 5.30. The third-order valence-corrected chi connectivity index (χ3v) is 5.52. The second-order valence-electron chi connectivity index (χ2n) is 7.59. The molecule has 0 aliphatic carbocycles. The molecule has 1 aliphatic heterocycles. The predicted molar refractivity (Wildman–Crippen MR) is 119 cm³/mol. The number of hydrogen-bond acceptors (Lipinski definition) is 2. The lowest BCUT2D eigenvalue weighted by molar-refractivity contribution is -0.113. The number of hydrogen-bond donors (Lipinski definition) is 3. The molecule has 3 N–H and O–H groups in total. The summed E-state index contributed by atoms with van der Waals surface area (Å²) in [6.07, 6.45) is 0. The van der Waals surface area contributed by atoms with Gasteiger partial charge in [0.2, 0.25) is 0 Å². The van der Waals surface area contributed by atoms with E-state index >= 15 is 0 Å². The van der Waals surface area contributed by atoms with Crippen molar-refractivity contribution in [3.63, 3.8) is 0 Å². The molecule has 3 rings (SSSR count). The van der Waals surface area contributed by atoms with E-state index in [1.165, 1.54) is 5.56 Å². The predicted octanol–water partition coefficient (Wildman–Crippen LogP) is 4.86. The monoisotopic (exact) mass is 393 g/mol. The van der Waals surface area contributed by atoms with Crippen LogP contribution in [0.25, 0.3) is 0 Å². The fraction of sp³-hybridized carbons (Fsp3) is 0.304. The summed E-state index contributed by atoms with van der Waals surface area (Å²) >= 11 is 5.35. The van der Waals surface area contributed by atoms with Gasteiger partial charge in [-0.3, -0.25) is 4.79 Å². The van der Waals surface area contributed by atoms with Gasteiger partial charge in [-0.2, -0.15) is 0 Å². The van der Waals surface area contributed by atoms with Crippen LogP contribution < -0.4 is 16.0 Å². The number of thiocarbonyl (C=S) groups is 1. The van der Waals surface area contributed by atoms with Crippen molar-refractivity contribution in [2.75, 3.05) is 5.32 Å². The Hall–Kier alpha value is -2.66. The molecule has 1 aliphatic rings. The largest absolute Gasteiger partial charge is 0.351 e. The lowest BCUT2D eigenvalue weighted by Crippen LogP contribution is -2.45. The Morgan fingerprint density at radius 2 is 1.75 bits per heavy atom. The highest BCUT2D eigenvalue weighted by molar-refractivity contribution is 7.80. The van der Waals surface area contributed by atoms with Gasteiger partial charge in [0.1, 0.15) is 0 Å². The molecule has 28 heavy (non-hydrogen) atoms. The minimum absolute atomic E-state index is 0.133. The Bertz CT molecular complexity index is 945. The standard InChI is InChI=1S/C23H27N3OS/c1-13(2)17-9-11-18(12-10-17)21-20(16(5)24-23(28)26-21)22(27)25-19-8-6-7-14(3)15(19)4/h6-13,21H,1-5H3,(H,25,27)(H2,24,26,28)/t21-/m0/s1. The van der Waals surface area contributed by atoms with E-state index in [-0.39, 0.29) is 11.9 Å². The van der Waals surface area contributed by atoms with E-state index < -0.39 is 0 Å². The Labute approximate surface area is 172 Å². The van der Waals surface area contributed by atoms with Gasteiger partial charge < -0.3 is 16.0 Å². The van der Waals surface area contributed by atoms with Gasteiger partial charge in [0.05, 0.1) is 11.6 Å². The molecule has 0 aromatic heterocycles. The van der Waals surface area contributed by atoms with Crippen LogP contribution in [0.4, 0.5) is 5.69 Å². The molecule has 1 atom stereocenters. The van der Waals surface area contributed by atoms with Crippen LogP contribution in [0.2, 0.25) is 0 Å². The second kappa shape index (κ2) is 8.15. The Kier molecular flexibility index (Phi) is 5.84. The number of benzene rings is 2. The van der Waals surface area contributed by atoms with E-state index in [0.717, 1.165) is 28.1 Å². The summed E-state index contributed by atoms with van der Waals surface area (Å²) < 4.78 is 0. The van der Waals surface area contributed by atoms with Crippen LogP contribution in [-0.2, 0) is 4.79 Å². The van der Waals surface area contributed by atoms with Crippen LogP contribution in [0, 0.1) is 13.8 Å². The molecule has 0 fully saturated rings. The highest BCUT2D eigenvalue weighted by Gasteiger charge is 2.30. The first-order valence-electron chi connectivity index (χ1n) is 9.53. The number of anilines is 1. The fourth-order valence-corrected chi connectivity index (χ4v) is 3.67. The molecule has 0 unspecified atom stereocenters. The quantitative estimate of drug-likeness (QED) is 0.650. The maximum absolute atomic E-state index is 13.2. The summed E-state index contributed by atoms with van der Waals surface area (Å²) in [4.78, 5) is 13.2. The van der Waals surface area contributed by atoms with Crippen LogP contribution in [0.15, 0.2) is 53.7 Å². The van der Waals surface area contributed by atoms with Crippen LogP contribution in [-0.4, -0.2) is 11.0 Å². The molecule has 146 valence electrons. The van der Waals surface area contributed by atoms with Crippen molar-refractivity contribution in [3.8, 4) is 0 Å². The summed E-state index contributed by atoms with van der Waals surface area (Å²) in [7, 11) is 0. The zero-order valence-corrected chi connectivity index (χ0v) is 17.8. The van der Waals surface area contributed by atoms with Crippen molar-refractivity contribution in [3.05, 3.63) is 76.0 Å². The van der Waals surface area contributed by atoms with Gasteiger partial charge in [0, 0.05) is 11.4 Å². The van der Waals surface area contributed by atoms with Crippen molar-refractivity contribution in [2.24, 2.45) is 0 Å². The first kappa shape index (κ1) is 20.1. The first-order valence-corrected chi connectivity index (χ1v) is 9.94. The molecule has 0 bridgehead atoms. The SMILES string of the molecule is CC1=C(C(=O)Nc2cccc(C)c2C)[C@H](c2ccc(C(C)C)cc2)NC(=S)N1. The topological polar surface area (TPSA) is 53.2 Å². The molecule has 0 spiro atoms. The summed E-state index contributed by atoms with van der Waals surface area (Å²) in [5, 5.41) is 9.95. The van der Waals surface area contributed by atoms with Gasteiger partial charge in [-0.15, -0.1) is 0 Å². The number of allylic oxidation sites excluding steroid dienone is 1. The molecule has 4 nitrogen and oxygen atoms in total. The maximum atomic E-state index is 13.2. The molecular formula is C23H27N3OS. The average Bonchev–Trinajstić information content (AvgIpc) is 2.64. The number of rotatable bonds is 4. The first-order chi connectivity index (χ1) is 13.3. The highest BCUT2D eigenvalue weighted by Crippen LogP contribution is 2.29. The van der Waals surface area contributed by atoms with E-state index in [9.17, 15) is 4.79 Å². The average molecular weight is 394 g/mol. The van der Waals surface area contributed by atoms with Gasteiger partial charge in [-0.25, -0.2) is 0 Å². The van der Waals surface area contributed by atoms with Crippen molar-refractivity contribution in [1.29, 1.82) is 0 Å². The zero-order valence-electron chi connectivity index (χ0n) is 17.0. The molecule has 5 heteroatoms. The Balaban J connectivity index is 1.95. The number of carbonyl (C=O) groups excluding carboxylic acids is 1. The highest BCUT2D eigenvalue weighted by atomic mass is 32.1. The fourth-order valence-electron chi connectivity index (χ4n) is 3.39. The van der Waals surface area contributed by atoms with Crippen LogP contribution in [0.3, 0.4) is 0 Å². The van der Waals surface area contributed by atoms with E-state index in [2.05, 4.69) is 54.1 Å². The second-order valence-corrected chi connectivity index (χ2v) is 8.00. The smallest absolute Gasteiger partial charge is 0.255 e. The lowest BCUT2D eigenvalue weighted by atomic mass is 9.92. The van der Waals surface area contributed by atoms with Gasteiger partial charge in [0.25, 0.3) is 5.91 Å². The Morgan fingerprint density at radius 1 is 1.07 bits per heavy atom. The number of aryl methyl sites for hydroxylation is 1. The summed E-state index contributed by atoms with van der Waals surface area (Å²) in [5.74, 6) is 0.326. The summed E-state index contributed by atoms with van der Waals surface area (Å²) in [5.41, 5.74) is 6.73. The van der Waals surface area contributed by atoms with E-state index in [1.54, 1.807) is 0 Å². The van der Waals surface area contributed by atoms with Gasteiger partial charge >= 0.3 is 0 Å². The number of carbonyl (C=O) groups is 1. The van der Waals surface area contributed by atoms with E-state index in [1.807, 2.05) is 39.0 Å². The number of amides is 1. The van der Waals surface area contributed by atoms with Crippen LogP contribution >= 0.6 is 12.2 Å². The molecule has 0 saturated carbocycles. The molecule has 0 saturated heterocycles. The van der Waals surface area contributed by atoms with Crippen LogP contribution in [0.5, 0.6) is 0 Å².